The molecule has 3 aromatic rings. The monoisotopic (exact) mass is 530 g/mol. The van der Waals surface area contributed by atoms with Gasteiger partial charge in [0.2, 0.25) is 0 Å². The molecule has 2 bridgehead atoms. The maximum absolute atomic E-state index is 13.2. The highest BCUT2D eigenvalue weighted by Gasteiger charge is 2.37. The molecule has 2 saturated carbocycles. The van der Waals surface area contributed by atoms with Crippen molar-refractivity contribution in [2.45, 2.75) is 50.0 Å². The second-order valence-corrected chi connectivity index (χ2v) is 12.9. The number of halogens is 2. The van der Waals surface area contributed by atoms with Gasteiger partial charge in [0.15, 0.2) is 9.84 Å². The van der Waals surface area contributed by atoms with E-state index in [9.17, 15) is 13.2 Å². The van der Waals surface area contributed by atoms with Crippen LogP contribution in [0.15, 0.2) is 53.4 Å². The molecule has 0 radical (unpaired) electrons. The first-order valence-electron chi connectivity index (χ1n) is 12.0. The van der Waals surface area contributed by atoms with E-state index in [1.807, 2.05) is 16.8 Å². The average molecular weight is 532 g/mol. The van der Waals surface area contributed by atoms with Gasteiger partial charge in [-0.3, -0.25) is 9.48 Å². The van der Waals surface area contributed by atoms with Crippen LogP contribution in [0.3, 0.4) is 0 Å². The van der Waals surface area contributed by atoms with Gasteiger partial charge in [0.1, 0.15) is 5.78 Å². The highest BCUT2D eigenvalue weighted by Crippen LogP contribution is 2.45. The van der Waals surface area contributed by atoms with Gasteiger partial charge in [-0.25, -0.2) is 8.42 Å². The van der Waals surface area contributed by atoms with Crippen LogP contribution in [0, 0.1) is 17.8 Å². The summed E-state index contributed by atoms with van der Waals surface area (Å²) >= 11 is 12.5. The van der Waals surface area contributed by atoms with Gasteiger partial charge in [0.05, 0.1) is 29.2 Å². The number of carbonyl (C=O) groups excluding carboxylic acids is 1. The predicted octanol–water partition coefficient (Wildman–Crippen LogP) is 6.25. The zero-order valence-electron chi connectivity index (χ0n) is 19.6. The molecule has 0 N–H and O–H groups in total. The summed E-state index contributed by atoms with van der Waals surface area (Å²) in [6.45, 7) is 0.404. The van der Waals surface area contributed by atoms with Crippen LogP contribution in [0.2, 0.25) is 10.0 Å². The number of fused-ring (bicyclic) bond motifs is 2. The van der Waals surface area contributed by atoms with E-state index in [2.05, 4.69) is 0 Å². The molecule has 0 aliphatic heterocycles. The summed E-state index contributed by atoms with van der Waals surface area (Å²) in [5.74, 6) is 1.82. The van der Waals surface area contributed by atoms with Crippen molar-refractivity contribution >= 4 is 38.8 Å². The molecule has 1 aromatic heterocycles. The Bertz CT molecular complexity index is 1350. The lowest BCUT2D eigenvalue weighted by Crippen LogP contribution is -2.25. The van der Waals surface area contributed by atoms with Crippen molar-refractivity contribution < 1.29 is 13.2 Å². The van der Waals surface area contributed by atoms with Crippen LogP contribution in [0.1, 0.15) is 43.4 Å². The lowest BCUT2D eigenvalue weighted by Gasteiger charge is -2.26. The minimum Gasteiger partial charge on any atom is -0.299 e. The molecule has 8 heteroatoms. The third kappa shape index (κ3) is 5.50. The van der Waals surface area contributed by atoms with E-state index in [0.717, 1.165) is 35.4 Å². The minimum absolute atomic E-state index is 0.134. The van der Waals surface area contributed by atoms with Crippen LogP contribution in [0.25, 0.3) is 11.3 Å². The van der Waals surface area contributed by atoms with Gasteiger partial charge >= 0.3 is 0 Å². The van der Waals surface area contributed by atoms with Crippen molar-refractivity contribution in [1.29, 1.82) is 0 Å². The van der Waals surface area contributed by atoms with Gasteiger partial charge in [-0.2, -0.15) is 5.10 Å². The van der Waals surface area contributed by atoms with Gasteiger partial charge in [0.25, 0.3) is 0 Å². The van der Waals surface area contributed by atoms with E-state index in [1.165, 1.54) is 25.5 Å². The fourth-order valence-electron chi connectivity index (χ4n) is 5.69. The standard InChI is InChI=1S/C27H28Cl2N2O3S/c1-35(33,34)24-8-5-19(6-9-24)26-14-23(15-27(32)21-11-17-2-3-18(10-17)12-21)30-31(26)16-20-4-7-22(28)13-25(20)29/h4-9,13-14,17-18,21H,2-3,10-12,15-16H2,1H3. The molecular weight excluding hydrogens is 503 g/mol. The van der Waals surface area contributed by atoms with Gasteiger partial charge in [0, 0.05) is 22.2 Å². The Morgan fingerprint density at radius 2 is 1.69 bits per heavy atom. The molecule has 2 aliphatic carbocycles. The van der Waals surface area contributed by atoms with Crippen LogP contribution in [-0.2, 0) is 27.6 Å². The Kier molecular flexibility index (Phi) is 6.81. The second kappa shape index (κ2) is 9.72. The van der Waals surface area contributed by atoms with Crippen molar-refractivity contribution in [1.82, 2.24) is 9.78 Å². The summed E-state index contributed by atoms with van der Waals surface area (Å²) in [4.78, 5) is 13.5. The quantitative estimate of drug-likeness (QED) is 0.362. The Hall–Kier alpha value is -2.15. The van der Waals surface area contributed by atoms with Crippen LogP contribution >= 0.6 is 23.2 Å². The zero-order valence-corrected chi connectivity index (χ0v) is 21.9. The number of ketones is 1. The maximum atomic E-state index is 13.2. The number of nitrogens with zero attached hydrogens (tertiary/aromatic N) is 2. The fraction of sp³-hybridized carbons (Fsp3) is 0.407. The van der Waals surface area contributed by atoms with Crippen molar-refractivity contribution in [2.75, 3.05) is 6.26 Å². The molecule has 2 aliphatic rings. The number of hydrogen-bond acceptors (Lipinski definition) is 4. The first kappa shape index (κ1) is 24.5. The summed E-state index contributed by atoms with van der Waals surface area (Å²) in [6.07, 6.45) is 7.33. The summed E-state index contributed by atoms with van der Waals surface area (Å²) in [5.41, 5.74) is 3.21. The molecule has 5 nitrogen and oxygen atoms in total. The van der Waals surface area contributed by atoms with Gasteiger partial charge in [-0.05, 0) is 72.6 Å². The van der Waals surface area contributed by atoms with E-state index in [4.69, 9.17) is 28.3 Å². The van der Waals surface area contributed by atoms with Crippen LogP contribution in [0.5, 0.6) is 0 Å². The summed E-state index contributed by atoms with van der Waals surface area (Å²) in [5, 5.41) is 5.89. The number of rotatable bonds is 7. The van der Waals surface area contributed by atoms with Crippen molar-refractivity contribution in [3.8, 4) is 11.3 Å². The van der Waals surface area contributed by atoms with Crippen LogP contribution in [0.4, 0.5) is 0 Å². The number of benzene rings is 2. The van der Waals surface area contributed by atoms with E-state index in [-0.39, 0.29) is 16.6 Å². The topological polar surface area (TPSA) is 69.0 Å². The normalized spacial score (nSPS) is 21.9. The van der Waals surface area contributed by atoms with Crippen LogP contribution in [-0.4, -0.2) is 30.2 Å². The molecule has 5 rings (SSSR count). The van der Waals surface area contributed by atoms with Gasteiger partial charge < -0.3 is 0 Å². The van der Waals surface area contributed by atoms with Crippen molar-refractivity contribution in [3.63, 3.8) is 0 Å². The lowest BCUT2D eigenvalue weighted by molar-refractivity contribution is -0.123. The molecule has 35 heavy (non-hydrogen) atoms. The molecule has 2 unspecified atom stereocenters. The Morgan fingerprint density at radius 3 is 2.31 bits per heavy atom. The molecule has 0 amide bonds. The molecule has 2 atom stereocenters. The number of Topliss-reactive ketones (excluding diaryl/α,β-unsaturated/α-hetero) is 1. The summed E-state index contributed by atoms with van der Waals surface area (Å²) in [6, 6.07) is 14.0. The largest absolute Gasteiger partial charge is 0.299 e. The number of sulfone groups is 1. The highest BCUT2D eigenvalue weighted by atomic mass is 35.5. The molecular formula is C27H28Cl2N2O3S. The number of carbonyl (C=O) groups is 1. The predicted molar refractivity (Wildman–Crippen MR) is 139 cm³/mol. The third-order valence-electron chi connectivity index (χ3n) is 7.44. The van der Waals surface area contributed by atoms with Crippen molar-refractivity contribution in [2.24, 2.45) is 17.8 Å². The molecule has 0 spiro atoms. The molecule has 184 valence electrons. The zero-order chi connectivity index (χ0) is 24.7. The Balaban J connectivity index is 1.45. The van der Waals surface area contributed by atoms with Crippen LogP contribution < -0.4 is 0 Å². The van der Waals surface area contributed by atoms with E-state index in [0.29, 0.717) is 34.8 Å². The Labute approximate surface area is 216 Å². The molecule has 2 fully saturated rings. The molecule has 0 saturated heterocycles. The second-order valence-electron chi connectivity index (χ2n) is 10.1. The minimum atomic E-state index is -3.29. The lowest BCUT2D eigenvalue weighted by atomic mass is 9.78. The fourth-order valence-corrected chi connectivity index (χ4v) is 6.79. The van der Waals surface area contributed by atoms with E-state index in [1.54, 1.807) is 36.4 Å². The third-order valence-corrected chi connectivity index (χ3v) is 9.16. The van der Waals surface area contributed by atoms with Gasteiger partial charge in [-0.15, -0.1) is 0 Å². The van der Waals surface area contributed by atoms with Gasteiger partial charge in [-0.1, -0.05) is 54.2 Å². The smallest absolute Gasteiger partial charge is 0.175 e. The molecule has 1 heterocycles. The first-order valence-corrected chi connectivity index (χ1v) is 14.6. The first-order chi connectivity index (χ1) is 16.7. The summed E-state index contributed by atoms with van der Waals surface area (Å²) in [7, 11) is -3.29. The Morgan fingerprint density at radius 1 is 1.00 bits per heavy atom. The number of hydrogen-bond donors (Lipinski definition) is 0. The average Bonchev–Trinajstić information content (AvgIpc) is 3.36. The van der Waals surface area contributed by atoms with E-state index < -0.39 is 9.84 Å². The summed E-state index contributed by atoms with van der Waals surface area (Å²) < 4.78 is 25.6. The number of aromatic nitrogens is 2. The SMILES string of the molecule is CS(=O)(=O)c1ccc(-c2cc(CC(=O)C3CC4CCC(C4)C3)nn2Cc2ccc(Cl)cc2Cl)cc1. The maximum Gasteiger partial charge on any atom is 0.175 e. The highest BCUT2D eigenvalue weighted by molar-refractivity contribution is 7.90. The molecule has 2 aromatic carbocycles. The van der Waals surface area contributed by atoms with E-state index >= 15 is 0 Å². The van der Waals surface area contributed by atoms with Crippen molar-refractivity contribution in [3.05, 3.63) is 69.8 Å².